The number of hydrogen-bond acceptors (Lipinski definition) is 2. The molecule has 0 saturated carbocycles. The third kappa shape index (κ3) is 2.45. The molecule has 5 heteroatoms. The molecule has 0 radical (unpaired) electrons. The van der Waals surface area contributed by atoms with Crippen LogP contribution in [0, 0.1) is 6.92 Å². The van der Waals surface area contributed by atoms with Crippen molar-refractivity contribution in [2.75, 3.05) is 5.01 Å². The van der Waals surface area contributed by atoms with E-state index in [-0.39, 0.29) is 6.03 Å². The lowest BCUT2D eigenvalue weighted by atomic mass is 9.98. The number of anilines is 1. The van der Waals surface area contributed by atoms with Crippen LogP contribution >= 0.6 is 11.6 Å². The zero-order valence-corrected chi connectivity index (χ0v) is 13.3. The molecule has 1 aliphatic heterocycles. The number of rotatable bonds is 3. The van der Waals surface area contributed by atoms with Crippen LogP contribution in [0.25, 0.3) is 0 Å². The van der Waals surface area contributed by atoms with Crippen molar-refractivity contribution in [3.63, 3.8) is 0 Å². The molecule has 1 fully saturated rings. The molecule has 2 amide bonds. The summed E-state index contributed by atoms with van der Waals surface area (Å²) in [6, 6.07) is 15.2. The number of nitrogens with one attached hydrogen (secondary N) is 2. The van der Waals surface area contributed by atoms with E-state index in [0.29, 0.717) is 11.4 Å². The molecule has 2 N–H and O–H groups in total. The van der Waals surface area contributed by atoms with Gasteiger partial charge in [0.2, 0.25) is 0 Å². The van der Waals surface area contributed by atoms with Crippen molar-refractivity contribution >= 4 is 23.3 Å². The third-order valence-corrected chi connectivity index (χ3v) is 4.30. The quantitative estimate of drug-likeness (QED) is 0.901. The van der Waals surface area contributed by atoms with Crippen molar-refractivity contribution in [3.05, 3.63) is 64.7 Å². The lowest BCUT2D eigenvalue weighted by Gasteiger charge is -2.29. The van der Waals surface area contributed by atoms with E-state index in [0.717, 1.165) is 16.8 Å². The highest BCUT2D eigenvalue weighted by Crippen LogP contribution is 2.31. The highest BCUT2D eigenvalue weighted by Gasteiger charge is 2.43. The van der Waals surface area contributed by atoms with Gasteiger partial charge in [-0.15, -0.1) is 0 Å². The number of carbonyl (C=O) groups excluding carboxylic acids is 1. The van der Waals surface area contributed by atoms with E-state index in [4.69, 9.17) is 11.6 Å². The molecule has 0 unspecified atom stereocenters. The molecule has 0 aliphatic carbocycles. The summed E-state index contributed by atoms with van der Waals surface area (Å²) < 4.78 is 0. The average Bonchev–Trinajstić information content (AvgIpc) is 2.86. The molecule has 2 aromatic rings. The maximum Gasteiger partial charge on any atom is 0.338 e. The molecule has 1 heterocycles. The first-order valence-electron chi connectivity index (χ1n) is 7.27. The van der Waals surface area contributed by atoms with Gasteiger partial charge in [-0.3, -0.25) is 0 Å². The molecule has 0 bridgehead atoms. The van der Waals surface area contributed by atoms with Crippen LogP contribution in [0.3, 0.4) is 0 Å². The summed E-state index contributed by atoms with van der Waals surface area (Å²) in [7, 11) is 0. The molecular weight excluding hydrogens is 298 g/mol. The fourth-order valence-corrected chi connectivity index (χ4v) is 2.86. The number of halogens is 1. The molecule has 1 atom stereocenters. The Balaban J connectivity index is 1.98. The normalized spacial score (nSPS) is 21.0. The van der Waals surface area contributed by atoms with Crippen LogP contribution in [0.15, 0.2) is 48.5 Å². The van der Waals surface area contributed by atoms with Gasteiger partial charge in [0.25, 0.3) is 0 Å². The number of aryl methyl sites for hydroxylation is 1. The van der Waals surface area contributed by atoms with Crippen molar-refractivity contribution in [2.24, 2.45) is 0 Å². The number of carbonyl (C=O) groups is 1. The SMILES string of the molecule is CC[C@]1(c2ccc(Cl)cc2)NC(=O)N(c2ccccc2C)N1. The van der Waals surface area contributed by atoms with Crippen molar-refractivity contribution in [1.82, 2.24) is 10.7 Å². The van der Waals surface area contributed by atoms with Gasteiger partial charge in [0, 0.05) is 5.02 Å². The Labute approximate surface area is 135 Å². The smallest absolute Gasteiger partial charge is 0.313 e. The second-order valence-electron chi connectivity index (χ2n) is 5.43. The Morgan fingerprint density at radius 1 is 1.14 bits per heavy atom. The van der Waals surface area contributed by atoms with Crippen LogP contribution in [-0.2, 0) is 5.66 Å². The van der Waals surface area contributed by atoms with Gasteiger partial charge in [-0.05, 0) is 42.7 Å². The summed E-state index contributed by atoms with van der Waals surface area (Å²) in [6.07, 6.45) is 0.711. The van der Waals surface area contributed by atoms with Crippen molar-refractivity contribution in [3.8, 4) is 0 Å². The second-order valence-corrected chi connectivity index (χ2v) is 5.87. The van der Waals surface area contributed by atoms with Gasteiger partial charge >= 0.3 is 6.03 Å². The molecule has 0 spiro atoms. The number of para-hydroxylation sites is 1. The lowest BCUT2D eigenvalue weighted by Crippen LogP contribution is -2.48. The van der Waals surface area contributed by atoms with Crippen molar-refractivity contribution in [2.45, 2.75) is 25.9 Å². The summed E-state index contributed by atoms with van der Waals surface area (Å²) in [6.45, 7) is 4.02. The molecule has 4 nitrogen and oxygen atoms in total. The minimum Gasteiger partial charge on any atom is -0.313 e. The van der Waals surface area contributed by atoms with Crippen molar-refractivity contribution < 1.29 is 4.79 Å². The van der Waals surface area contributed by atoms with E-state index in [1.54, 1.807) is 5.01 Å². The largest absolute Gasteiger partial charge is 0.338 e. The minimum absolute atomic E-state index is 0.161. The molecule has 0 aromatic heterocycles. The van der Waals surface area contributed by atoms with Crippen LogP contribution < -0.4 is 15.8 Å². The summed E-state index contributed by atoms with van der Waals surface area (Å²) in [5, 5.41) is 5.31. The van der Waals surface area contributed by atoms with Crippen LogP contribution in [-0.4, -0.2) is 6.03 Å². The maximum absolute atomic E-state index is 12.5. The van der Waals surface area contributed by atoms with Crippen LogP contribution in [0.1, 0.15) is 24.5 Å². The summed E-state index contributed by atoms with van der Waals surface area (Å²) in [4.78, 5) is 12.5. The van der Waals surface area contributed by atoms with Gasteiger partial charge in [0.05, 0.1) is 5.69 Å². The molecule has 3 rings (SSSR count). The number of hydrogen-bond donors (Lipinski definition) is 2. The average molecular weight is 316 g/mol. The van der Waals surface area contributed by atoms with Crippen LogP contribution in [0.5, 0.6) is 0 Å². The maximum atomic E-state index is 12.5. The highest BCUT2D eigenvalue weighted by molar-refractivity contribution is 6.30. The number of urea groups is 1. The number of amides is 2. The Morgan fingerprint density at radius 3 is 2.45 bits per heavy atom. The number of benzene rings is 2. The Kier molecular flexibility index (Phi) is 3.81. The van der Waals surface area contributed by atoms with Gasteiger partial charge in [0.1, 0.15) is 5.66 Å². The first-order chi connectivity index (χ1) is 10.6. The van der Waals surface area contributed by atoms with Crippen LogP contribution in [0.4, 0.5) is 10.5 Å². The molecule has 114 valence electrons. The predicted molar refractivity (Wildman–Crippen MR) is 88.7 cm³/mol. The van der Waals surface area contributed by atoms with Gasteiger partial charge in [-0.25, -0.2) is 9.80 Å². The topological polar surface area (TPSA) is 44.4 Å². The van der Waals surface area contributed by atoms with E-state index in [1.165, 1.54) is 0 Å². The first-order valence-corrected chi connectivity index (χ1v) is 7.65. The van der Waals surface area contributed by atoms with Crippen molar-refractivity contribution in [1.29, 1.82) is 0 Å². The lowest BCUT2D eigenvalue weighted by molar-refractivity contribution is 0.245. The zero-order valence-electron chi connectivity index (χ0n) is 12.6. The Bertz CT molecular complexity index is 701. The third-order valence-electron chi connectivity index (χ3n) is 4.05. The summed E-state index contributed by atoms with van der Waals surface area (Å²) in [5.74, 6) is 0. The fraction of sp³-hybridized carbons (Fsp3) is 0.235. The highest BCUT2D eigenvalue weighted by atomic mass is 35.5. The van der Waals surface area contributed by atoms with E-state index in [9.17, 15) is 4.79 Å². The van der Waals surface area contributed by atoms with E-state index in [2.05, 4.69) is 10.7 Å². The Morgan fingerprint density at radius 2 is 1.82 bits per heavy atom. The fourth-order valence-electron chi connectivity index (χ4n) is 2.73. The minimum atomic E-state index is -0.621. The summed E-state index contributed by atoms with van der Waals surface area (Å²) in [5.41, 5.74) is 5.57. The van der Waals surface area contributed by atoms with E-state index in [1.807, 2.05) is 62.4 Å². The zero-order chi connectivity index (χ0) is 15.7. The molecule has 22 heavy (non-hydrogen) atoms. The van der Waals surface area contributed by atoms with E-state index < -0.39 is 5.66 Å². The second kappa shape index (κ2) is 5.63. The van der Waals surface area contributed by atoms with Gasteiger partial charge in [0.15, 0.2) is 0 Å². The molecular formula is C17H18ClN3O. The molecule has 1 aliphatic rings. The number of hydrazine groups is 1. The number of nitrogens with zero attached hydrogens (tertiary/aromatic N) is 1. The predicted octanol–water partition coefficient (Wildman–Crippen LogP) is 3.95. The molecule has 1 saturated heterocycles. The monoisotopic (exact) mass is 315 g/mol. The first kappa shape index (κ1) is 14.9. The van der Waals surface area contributed by atoms with Gasteiger partial charge < -0.3 is 5.32 Å². The summed E-state index contributed by atoms with van der Waals surface area (Å²) >= 11 is 5.96. The molecule has 2 aromatic carbocycles. The van der Waals surface area contributed by atoms with Crippen LogP contribution in [0.2, 0.25) is 5.02 Å². The van der Waals surface area contributed by atoms with E-state index >= 15 is 0 Å². The van der Waals surface area contributed by atoms with Gasteiger partial charge in [-0.2, -0.15) is 5.43 Å². The Hall–Kier alpha value is -2.04. The van der Waals surface area contributed by atoms with Gasteiger partial charge in [-0.1, -0.05) is 48.9 Å². The standard InChI is InChI=1S/C17H18ClN3O/c1-3-17(13-8-10-14(18)11-9-13)19-16(22)21(20-17)15-7-5-4-6-12(15)2/h4-11,20H,3H2,1-2H3,(H,19,22)/t17-/m0/s1.